The number of fused-ring (bicyclic) bond motifs is 2. The molecule has 0 N–H and O–H groups in total. The molecule has 3 heterocycles. The van der Waals surface area contributed by atoms with Gasteiger partial charge in [-0.05, 0) is 18.2 Å². The second-order valence-electron chi connectivity index (χ2n) is 3.00. The van der Waals surface area contributed by atoms with Crippen molar-refractivity contribution in [2.45, 2.75) is 0 Å². The Morgan fingerprint density at radius 2 is 2.21 bits per heavy atom. The van der Waals surface area contributed by atoms with Gasteiger partial charge in [0, 0.05) is 18.0 Å². The predicted molar refractivity (Wildman–Crippen MR) is 50.2 cm³/mol. The quantitative estimate of drug-likeness (QED) is 0.580. The Labute approximate surface area is 80.0 Å². The van der Waals surface area contributed by atoms with Gasteiger partial charge >= 0.3 is 0 Å². The van der Waals surface area contributed by atoms with Gasteiger partial charge in [0.15, 0.2) is 5.49 Å². The van der Waals surface area contributed by atoms with Crippen molar-refractivity contribution in [2.75, 3.05) is 6.61 Å². The summed E-state index contributed by atoms with van der Waals surface area (Å²) in [5.41, 5.74) is 1.70. The molecule has 0 aliphatic carbocycles. The molecular formula is C10H7N3O. The van der Waals surface area contributed by atoms with Gasteiger partial charge in [0.05, 0.1) is 0 Å². The van der Waals surface area contributed by atoms with Gasteiger partial charge in [-0.15, -0.1) is 0 Å². The molecule has 0 amide bonds. The predicted octanol–water partition coefficient (Wildman–Crippen LogP) is 0.211. The molecule has 4 nitrogen and oxygen atoms in total. The van der Waals surface area contributed by atoms with E-state index in [0.29, 0.717) is 18.0 Å². The maximum atomic E-state index is 5.39. The Morgan fingerprint density at radius 1 is 1.21 bits per heavy atom. The smallest absolute Gasteiger partial charge is 0.242 e. The maximum absolute atomic E-state index is 5.39. The zero-order valence-corrected chi connectivity index (χ0v) is 7.34. The summed E-state index contributed by atoms with van der Waals surface area (Å²) in [7, 11) is 0. The molecule has 0 fully saturated rings. The lowest BCUT2D eigenvalue weighted by molar-refractivity contribution is 0.344. The molecule has 0 atom stereocenters. The highest BCUT2D eigenvalue weighted by atomic mass is 16.5. The molecule has 0 radical (unpaired) electrons. The van der Waals surface area contributed by atoms with E-state index < -0.39 is 0 Å². The Morgan fingerprint density at radius 3 is 3.21 bits per heavy atom. The summed E-state index contributed by atoms with van der Waals surface area (Å²) in [5, 5.41) is 0.763. The van der Waals surface area contributed by atoms with Gasteiger partial charge in [0.2, 0.25) is 5.88 Å². The van der Waals surface area contributed by atoms with Crippen molar-refractivity contribution < 1.29 is 4.74 Å². The van der Waals surface area contributed by atoms with Crippen molar-refractivity contribution in [1.82, 2.24) is 4.98 Å². The number of hydrogen-bond acceptors (Lipinski definition) is 4. The largest absolute Gasteiger partial charge is 0.472 e. The number of nitrogens with zero attached hydrogens (tertiary/aromatic N) is 3. The van der Waals surface area contributed by atoms with Crippen LogP contribution in [0.15, 0.2) is 34.5 Å². The molecule has 0 spiro atoms. The van der Waals surface area contributed by atoms with Crippen LogP contribution in [-0.4, -0.2) is 11.6 Å². The zero-order chi connectivity index (χ0) is 9.38. The van der Waals surface area contributed by atoms with Crippen LogP contribution in [0.2, 0.25) is 0 Å². The van der Waals surface area contributed by atoms with Crippen LogP contribution in [0.25, 0.3) is 6.08 Å². The first-order valence-corrected chi connectivity index (χ1v) is 4.34. The molecule has 2 aliphatic rings. The molecule has 3 rings (SSSR count). The molecule has 2 aliphatic heterocycles. The SMILES string of the molecule is C1=CN=c2cc3c(nc2OC1)=NC=C3. The second kappa shape index (κ2) is 2.77. The molecule has 0 aromatic carbocycles. The first-order valence-electron chi connectivity index (χ1n) is 4.34. The van der Waals surface area contributed by atoms with E-state index in [4.69, 9.17) is 4.74 Å². The summed E-state index contributed by atoms with van der Waals surface area (Å²) in [5.74, 6) is 0.557. The standard InChI is InChI=1S/C10H7N3O/c1-3-11-8-6-7-2-4-12-9(7)13-10(8)14-5-1/h1-4,6H,5H2. The normalized spacial score (nSPS) is 16.0. The fourth-order valence-electron chi connectivity index (χ4n) is 1.41. The maximum Gasteiger partial charge on any atom is 0.242 e. The van der Waals surface area contributed by atoms with Gasteiger partial charge in [-0.2, -0.15) is 4.98 Å². The molecule has 0 bridgehead atoms. The van der Waals surface area contributed by atoms with Crippen molar-refractivity contribution in [3.05, 3.63) is 41.0 Å². The van der Waals surface area contributed by atoms with Gasteiger partial charge < -0.3 is 4.74 Å². The zero-order valence-electron chi connectivity index (χ0n) is 7.34. The van der Waals surface area contributed by atoms with E-state index in [-0.39, 0.29) is 0 Å². The lowest BCUT2D eigenvalue weighted by atomic mass is 10.3. The summed E-state index contributed by atoms with van der Waals surface area (Å²) < 4.78 is 5.39. The fourth-order valence-corrected chi connectivity index (χ4v) is 1.41. The molecule has 1 aromatic rings. The highest BCUT2D eigenvalue weighted by Gasteiger charge is 2.07. The van der Waals surface area contributed by atoms with E-state index in [1.807, 2.05) is 18.2 Å². The van der Waals surface area contributed by atoms with Gasteiger partial charge in [0.1, 0.15) is 12.0 Å². The molecule has 1 aromatic heterocycles. The average Bonchev–Trinajstić information content (AvgIpc) is 2.51. The van der Waals surface area contributed by atoms with Crippen LogP contribution in [0.4, 0.5) is 0 Å². The Hall–Kier alpha value is -1.97. The van der Waals surface area contributed by atoms with Crippen LogP contribution in [0.1, 0.15) is 5.56 Å². The van der Waals surface area contributed by atoms with E-state index in [2.05, 4.69) is 15.0 Å². The topological polar surface area (TPSA) is 46.8 Å². The van der Waals surface area contributed by atoms with E-state index in [1.165, 1.54) is 0 Å². The molecule has 0 saturated heterocycles. The molecule has 14 heavy (non-hydrogen) atoms. The van der Waals surface area contributed by atoms with Crippen molar-refractivity contribution >= 4 is 6.08 Å². The van der Waals surface area contributed by atoms with E-state index in [1.54, 1.807) is 12.4 Å². The third-order valence-corrected chi connectivity index (χ3v) is 2.06. The number of hydrogen-bond donors (Lipinski definition) is 0. The molecule has 0 unspecified atom stereocenters. The third-order valence-electron chi connectivity index (χ3n) is 2.06. The summed E-state index contributed by atoms with van der Waals surface area (Å²) in [6.45, 7) is 0.510. The van der Waals surface area contributed by atoms with E-state index >= 15 is 0 Å². The number of aromatic nitrogens is 1. The minimum absolute atomic E-state index is 0.510. The lowest BCUT2D eigenvalue weighted by Crippen LogP contribution is -2.19. The van der Waals surface area contributed by atoms with Gasteiger partial charge in [-0.1, -0.05) is 0 Å². The lowest BCUT2D eigenvalue weighted by Gasteiger charge is -2.00. The van der Waals surface area contributed by atoms with Gasteiger partial charge in [-0.3, -0.25) is 4.99 Å². The van der Waals surface area contributed by atoms with E-state index in [9.17, 15) is 0 Å². The van der Waals surface area contributed by atoms with Crippen molar-refractivity contribution in [3.63, 3.8) is 0 Å². The van der Waals surface area contributed by atoms with Crippen molar-refractivity contribution in [3.8, 4) is 5.88 Å². The van der Waals surface area contributed by atoms with E-state index in [0.717, 1.165) is 10.9 Å². The number of ether oxygens (including phenoxy) is 1. The molecular weight excluding hydrogens is 178 g/mol. The number of pyridine rings is 1. The minimum Gasteiger partial charge on any atom is -0.472 e. The van der Waals surface area contributed by atoms with Crippen molar-refractivity contribution in [2.24, 2.45) is 9.98 Å². The highest BCUT2D eigenvalue weighted by molar-refractivity contribution is 5.50. The van der Waals surface area contributed by atoms with Gasteiger partial charge in [0.25, 0.3) is 0 Å². The Balaban J connectivity index is 2.34. The average molecular weight is 185 g/mol. The van der Waals surface area contributed by atoms with Crippen LogP contribution < -0.4 is 15.6 Å². The third kappa shape index (κ3) is 1.04. The first kappa shape index (κ1) is 7.44. The minimum atomic E-state index is 0.510. The Kier molecular flexibility index (Phi) is 1.47. The Bertz CT molecular complexity index is 557. The second-order valence-corrected chi connectivity index (χ2v) is 3.00. The van der Waals surface area contributed by atoms with Crippen LogP contribution in [0, 0.1) is 0 Å². The van der Waals surface area contributed by atoms with Crippen molar-refractivity contribution in [1.29, 1.82) is 0 Å². The highest BCUT2D eigenvalue weighted by Crippen LogP contribution is 2.04. The summed E-state index contributed by atoms with van der Waals surface area (Å²) >= 11 is 0. The summed E-state index contributed by atoms with van der Waals surface area (Å²) in [6.07, 6.45) is 7.22. The van der Waals surface area contributed by atoms with Crippen LogP contribution in [0.5, 0.6) is 5.88 Å². The number of rotatable bonds is 0. The molecule has 0 saturated carbocycles. The summed E-state index contributed by atoms with van der Waals surface area (Å²) in [4.78, 5) is 12.6. The van der Waals surface area contributed by atoms with Crippen LogP contribution in [0.3, 0.4) is 0 Å². The summed E-state index contributed by atoms with van der Waals surface area (Å²) in [6, 6.07) is 1.93. The first-order chi connectivity index (χ1) is 6.93. The van der Waals surface area contributed by atoms with Crippen LogP contribution in [-0.2, 0) is 0 Å². The van der Waals surface area contributed by atoms with Gasteiger partial charge in [-0.25, -0.2) is 4.99 Å². The van der Waals surface area contributed by atoms with Crippen LogP contribution >= 0.6 is 0 Å². The molecule has 68 valence electrons. The fraction of sp³-hybridized carbons (Fsp3) is 0.100. The molecule has 4 heteroatoms. The monoisotopic (exact) mass is 185 g/mol.